The first-order chi connectivity index (χ1) is 14.8. The molecule has 2 heterocycles. The third kappa shape index (κ3) is 5.40. The van der Waals surface area contributed by atoms with Crippen molar-refractivity contribution in [2.45, 2.75) is 25.4 Å². The van der Waals surface area contributed by atoms with Crippen molar-refractivity contribution in [3.8, 4) is 10.4 Å². The van der Waals surface area contributed by atoms with Gasteiger partial charge in [-0.2, -0.15) is 0 Å². The summed E-state index contributed by atoms with van der Waals surface area (Å²) in [5.74, 6) is -0.611. The minimum Gasteiger partial charge on any atom is -0.453 e. The first kappa shape index (κ1) is 22.7. The van der Waals surface area contributed by atoms with Crippen LogP contribution in [0, 0.1) is 0 Å². The number of urea groups is 2. The number of anilines is 1. The van der Waals surface area contributed by atoms with Crippen molar-refractivity contribution in [2.75, 3.05) is 31.6 Å². The molecule has 166 valence electrons. The van der Waals surface area contributed by atoms with Gasteiger partial charge in [-0.1, -0.05) is 30.3 Å². The van der Waals surface area contributed by atoms with Crippen LogP contribution in [-0.4, -0.2) is 60.0 Å². The zero-order chi connectivity index (χ0) is 22.4. The number of primary amides is 2. The molecule has 1 aromatic carbocycles. The van der Waals surface area contributed by atoms with Crippen LogP contribution in [0.2, 0.25) is 0 Å². The maximum absolute atomic E-state index is 13.0. The molecule has 1 aromatic heterocycles. The van der Waals surface area contributed by atoms with Gasteiger partial charge < -0.3 is 21.3 Å². The van der Waals surface area contributed by atoms with Gasteiger partial charge >= 0.3 is 18.0 Å². The molecule has 2 aromatic rings. The number of nitrogens with one attached hydrogen (secondary N) is 1. The van der Waals surface area contributed by atoms with E-state index < -0.39 is 24.1 Å². The number of nitrogens with two attached hydrogens (primary N) is 2. The Bertz CT molecular complexity index is 949. The average molecular weight is 448 g/mol. The van der Waals surface area contributed by atoms with Crippen molar-refractivity contribution in [3.63, 3.8) is 0 Å². The number of thiophene rings is 1. The van der Waals surface area contributed by atoms with Gasteiger partial charge in [-0.15, -0.1) is 11.3 Å². The number of benzene rings is 1. The maximum atomic E-state index is 13.0. The van der Waals surface area contributed by atoms with Gasteiger partial charge in [0, 0.05) is 4.88 Å². The molecule has 1 fully saturated rings. The fourth-order valence-electron chi connectivity index (χ4n) is 3.87. The summed E-state index contributed by atoms with van der Waals surface area (Å²) in [7, 11) is 0. The van der Waals surface area contributed by atoms with Crippen LogP contribution >= 0.6 is 11.3 Å². The second-order valence-electron chi connectivity index (χ2n) is 7.57. The quantitative estimate of drug-likeness (QED) is 0.397. The molecule has 6 N–H and O–H groups in total. The summed E-state index contributed by atoms with van der Waals surface area (Å²) in [4.78, 5) is 37.4. The summed E-state index contributed by atoms with van der Waals surface area (Å²) in [5.41, 5.74) is 12.0. The number of ether oxygens (including phenoxy) is 1. The molecular formula is C21H27N4O5S+. The van der Waals surface area contributed by atoms with E-state index in [-0.39, 0.29) is 29.7 Å². The van der Waals surface area contributed by atoms with E-state index in [4.69, 9.17) is 16.2 Å². The van der Waals surface area contributed by atoms with Crippen molar-refractivity contribution in [2.24, 2.45) is 11.5 Å². The van der Waals surface area contributed by atoms with E-state index in [0.717, 1.165) is 23.3 Å². The highest BCUT2D eigenvalue weighted by atomic mass is 32.1. The van der Waals surface area contributed by atoms with Crippen molar-refractivity contribution < 1.29 is 28.7 Å². The van der Waals surface area contributed by atoms with Crippen molar-refractivity contribution in [3.05, 3.63) is 42.0 Å². The van der Waals surface area contributed by atoms with E-state index in [2.05, 4.69) is 5.32 Å². The largest absolute Gasteiger partial charge is 0.453 e. The third-order valence-corrected chi connectivity index (χ3v) is 6.53. The first-order valence-electron chi connectivity index (χ1n) is 10.1. The van der Waals surface area contributed by atoms with Gasteiger partial charge in [-0.05, 0) is 30.9 Å². The van der Waals surface area contributed by atoms with Crippen LogP contribution in [0.5, 0.6) is 0 Å². The number of hydrogen-bond donors (Lipinski definition) is 4. The molecule has 1 aliphatic rings. The Morgan fingerprint density at radius 1 is 1.19 bits per heavy atom. The molecule has 3 rings (SSSR count). The summed E-state index contributed by atoms with van der Waals surface area (Å²) in [6.45, 7) is 0.681. The Labute approximate surface area is 184 Å². The van der Waals surface area contributed by atoms with Crippen LogP contribution in [0.25, 0.3) is 10.4 Å². The second-order valence-corrected chi connectivity index (χ2v) is 8.62. The van der Waals surface area contributed by atoms with Gasteiger partial charge in [0.25, 0.3) is 0 Å². The highest BCUT2D eigenvalue weighted by molar-refractivity contribution is 7.20. The van der Waals surface area contributed by atoms with Gasteiger partial charge in [0.1, 0.15) is 18.1 Å². The van der Waals surface area contributed by atoms with Gasteiger partial charge in [0.05, 0.1) is 18.7 Å². The highest BCUT2D eigenvalue weighted by Gasteiger charge is 2.40. The smallest absolute Gasteiger partial charge is 0.414 e. The summed E-state index contributed by atoms with van der Waals surface area (Å²) in [6.07, 6.45) is 1.54. The molecule has 0 saturated carbocycles. The van der Waals surface area contributed by atoms with Crippen LogP contribution in [0.1, 0.15) is 29.6 Å². The van der Waals surface area contributed by atoms with E-state index >= 15 is 0 Å². The lowest BCUT2D eigenvalue weighted by Gasteiger charge is -2.34. The number of rotatable bonds is 6. The highest BCUT2D eigenvalue weighted by Crippen LogP contribution is 2.36. The Balaban J connectivity index is 1.85. The first-order valence-corrected chi connectivity index (χ1v) is 10.9. The lowest BCUT2D eigenvalue weighted by molar-refractivity contribution is -0.851. The van der Waals surface area contributed by atoms with Gasteiger partial charge in [-0.25, -0.2) is 18.9 Å². The number of esters is 1. The normalized spacial score (nSPS) is 21.1. The average Bonchev–Trinajstić information content (AvgIpc) is 3.03. The fourth-order valence-corrected chi connectivity index (χ4v) is 4.92. The third-order valence-electron chi connectivity index (χ3n) is 5.43. The topological polar surface area (TPSA) is 145 Å². The predicted octanol–water partition coefficient (Wildman–Crippen LogP) is 2.50. The SMILES string of the molecule is NC(=O)Nc1sc(-c2ccccc2)cc1C(=O)OC1CCCC[N+](CCO)(C(N)=O)C1. The van der Waals surface area contributed by atoms with E-state index in [1.54, 1.807) is 6.07 Å². The molecule has 2 atom stereocenters. The van der Waals surface area contributed by atoms with Crippen molar-refractivity contribution >= 4 is 34.4 Å². The Morgan fingerprint density at radius 2 is 1.94 bits per heavy atom. The minimum absolute atomic E-state index is 0.125. The molecule has 0 aliphatic carbocycles. The number of carbonyl (C=O) groups is 3. The monoisotopic (exact) mass is 447 g/mol. The number of aliphatic hydroxyl groups excluding tert-OH is 1. The number of nitrogens with zero attached hydrogens (tertiary/aromatic N) is 1. The zero-order valence-corrected chi connectivity index (χ0v) is 17.9. The molecule has 1 aliphatic heterocycles. The number of aliphatic hydroxyl groups is 1. The molecule has 9 nitrogen and oxygen atoms in total. The van der Waals surface area contributed by atoms with E-state index in [0.29, 0.717) is 18.0 Å². The number of carbonyl (C=O) groups excluding carboxylic acids is 3. The van der Waals surface area contributed by atoms with Gasteiger partial charge in [-0.3, -0.25) is 5.32 Å². The summed E-state index contributed by atoms with van der Waals surface area (Å²) < 4.78 is 5.63. The van der Waals surface area contributed by atoms with E-state index in [1.165, 1.54) is 11.3 Å². The number of hydrogen-bond acceptors (Lipinski definition) is 6. The fraction of sp³-hybridized carbons (Fsp3) is 0.381. The molecule has 4 amide bonds. The van der Waals surface area contributed by atoms with Crippen LogP contribution < -0.4 is 16.8 Å². The zero-order valence-electron chi connectivity index (χ0n) is 17.1. The van der Waals surface area contributed by atoms with E-state index in [1.807, 2.05) is 30.3 Å². The summed E-state index contributed by atoms with van der Waals surface area (Å²) in [5, 5.41) is 12.2. The van der Waals surface area contributed by atoms with Crippen molar-refractivity contribution in [1.29, 1.82) is 0 Å². The lowest BCUT2D eigenvalue weighted by Crippen LogP contribution is -2.60. The van der Waals surface area contributed by atoms with Crippen LogP contribution in [0.3, 0.4) is 0 Å². The number of likely N-dealkylation sites (tertiary alicyclic amines) is 1. The summed E-state index contributed by atoms with van der Waals surface area (Å²) in [6, 6.07) is 9.77. The molecule has 0 spiro atoms. The number of amides is 4. The molecule has 2 unspecified atom stereocenters. The van der Waals surface area contributed by atoms with E-state index in [9.17, 15) is 19.5 Å². The van der Waals surface area contributed by atoms with Crippen molar-refractivity contribution in [1.82, 2.24) is 0 Å². The Kier molecular flexibility index (Phi) is 7.26. The molecule has 31 heavy (non-hydrogen) atoms. The predicted molar refractivity (Wildman–Crippen MR) is 118 cm³/mol. The molecule has 0 bridgehead atoms. The summed E-state index contributed by atoms with van der Waals surface area (Å²) >= 11 is 1.22. The molecule has 1 saturated heterocycles. The number of quaternary nitrogens is 1. The minimum atomic E-state index is -0.780. The Morgan fingerprint density at radius 3 is 2.58 bits per heavy atom. The van der Waals surface area contributed by atoms with Crippen LogP contribution in [0.4, 0.5) is 14.6 Å². The van der Waals surface area contributed by atoms with Gasteiger partial charge in [0.2, 0.25) is 0 Å². The maximum Gasteiger partial charge on any atom is 0.414 e. The van der Waals surface area contributed by atoms with Crippen LogP contribution in [-0.2, 0) is 4.74 Å². The standard InChI is InChI=1S/C21H26N4O5S/c22-20(28)24-18-16(12-17(31-18)14-6-2-1-3-7-14)19(27)30-15-8-4-5-9-25(13-15,10-11-26)21(23)29/h1-3,6-7,12,15,26H,4-5,8-11,13H2,(H4-,22,23,24,27,28,29)/p+1. The van der Waals surface area contributed by atoms with Gasteiger partial charge in [0.15, 0.2) is 6.10 Å². The Hall–Kier alpha value is -2.95. The second kappa shape index (κ2) is 9.90. The molecular weight excluding hydrogens is 420 g/mol. The lowest BCUT2D eigenvalue weighted by atomic mass is 10.1. The molecule has 10 heteroatoms. The molecule has 0 radical (unpaired) electrons. The van der Waals surface area contributed by atoms with Crippen LogP contribution in [0.15, 0.2) is 36.4 Å².